The smallest absolute Gasteiger partial charge is 0.266 e. The molecule has 0 radical (unpaired) electrons. The van der Waals surface area contributed by atoms with Crippen molar-refractivity contribution in [1.82, 2.24) is 9.55 Å². The third-order valence-electron chi connectivity index (χ3n) is 5.99. The number of hydrogen-bond acceptors (Lipinski definition) is 5. The van der Waals surface area contributed by atoms with Gasteiger partial charge in [0.1, 0.15) is 10.9 Å². The molecule has 0 aliphatic heterocycles. The molecule has 2 heterocycles. The van der Waals surface area contributed by atoms with Gasteiger partial charge < -0.3 is 10.6 Å². The molecule has 7 nitrogen and oxygen atoms in total. The van der Waals surface area contributed by atoms with Gasteiger partial charge >= 0.3 is 0 Å². The highest BCUT2D eigenvalue weighted by Gasteiger charge is 2.25. The summed E-state index contributed by atoms with van der Waals surface area (Å²) in [7, 11) is 0. The van der Waals surface area contributed by atoms with Crippen LogP contribution in [-0.2, 0) is 4.79 Å². The van der Waals surface area contributed by atoms with Crippen LogP contribution in [0.4, 0.5) is 11.4 Å². The summed E-state index contributed by atoms with van der Waals surface area (Å²) in [4.78, 5) is 45.0. The number of nitrogens with zero attached hydrogens (tertiary/aromatic N) is 2. The van der Waals surface area contributed by atoms with E-state index < -0.39 is 6.04 Å². The summed E-state index contributed by atoms with van der Waals surface area (Å²) >= 11 is 1.18. The first-order valence-electron chi connectivity index (χ1n) is 11.5. The average Bonchev–Trinajstić information content (AvgIpc) is 3.14. The monoisotopic (exact) mass is 488 g/mol. The molecule has 2 aromatic heterocycles. The molecule has 0 saturated heterocycles. The van der Waals surface area contributed by atoms with E-state index in [2.05, 4.69) is 15.6 Å². The molecule has 0 spiro atoms. The van der Waals surface area contributed by atoms with Gasteiger partial charge in [-0.05, 0) is 74.6 Å². The molecule has 0 saturated carbocycles. The van der Waals surface area contributed by atoms with Gasteiger partial charge in [0.15, 0.2) is 0 Å². The molecule has 2 amide bonds. The largest absolute Gasteiger partial charge is 0.324 e. The van der Waals surface area contributed by atoms with Gasteiger partial charge in [-0.2, -0.15) is 0 Å². The van der Waals surface area contributed by atoms with Crippen molar-refractivity contribution in [2.24, 2.45) is 0 Å². The number of para-hydroxylation sites is 1. The van der Waals surface area contributed by atoms with Crippen LogP contribution in [0.3, 0.4) is 0 Å². The maximum absolute atomic E-state index is 13.5. The van der Waals surface area contributed by atoms with Crippen molar-refractivity contribution in [3.8, 4) is 0 Å². The van der Waals surface area contributed by atoms with Gasteiger partial charge in [-0.1, -0.05) is 31.2 Å². The number of carbonyl (C=O) groups is 2. The minimum absolute atomic E-state index is 0.286. The number of nitrogens with one attached hydrogen (secondary N) is 2. The Hall–Kier alpha value is -3.78. The lowest BCUT2D eigenvalue weighted by Crippen LogP contribution is -2.33. The van der Waals surface area contributed by atoms with E-state index in [9.17, 15) is 14.4 Å². The third kappa shape index (κ3) is 4.88. The summed E-state index contributed by atoms with van der Waals surface area (Å²) in [5, 5.41) is 6.22. The zero-order chi connectivity index (χ0) is 25.3. The van der Waals surface area contributed by atoms with Crippen LogP contribution in [0.25, 0.3) is 10.2 Å². The quantitative estimate of drug-likeness (QED) is 0.373. The zero-order valence-electron chi connectivity index (χ0n) is 20.4. The van der Waals surface area contributed by atoms with Crippen molar-refractivity contribution in [2.45, 2.75) is 47.1 Å². The van der Waals surface area contributed by atoms with Crippen LogP contribution < -0.4 is 16.2 Å². The lowest BCUT2D eigenvalue weighted by molar-refractivity contribution is -0.119. The molecule has 35 heavy (non-hydrogen) atoms. The number of aryl methyl sites for hydroxylation is 4. The first-order chi connectivity index (χ1) is 16.7. The Bertz CT molecular complexity index is 1480. The van der Waals surface area contributed by atoms with E-state index in [1.54, 1.807) is 6.92 Å². The van der Waals surface area contributed by atoms with Gasteiger partial charge in [-0.3, -0.25) is 19.0 Å². The maximum Gasteiger partial charge on any atom is 0.266 e. The second kappa shape index (κ2) is 9.84. The highest BCUT2D eigenvalue weighted by Crippen LogP contribution is 2.29. The van der Waals surface area contributed by atoms with Crippen molar-refractivity contribution < 1.29 is 9.59 Å². The van der Waals surface area contributed by atoms with Crippen molar-refractivity contribution >= 4 is 44.7 Å². The fourth-order valence-electron chi connectivity index (χ4n) is 4.25. The number of carbonyl (C=O) groups excluding carboxylic acids is 2. The van der Waals surface area contributed by atoms with Crippen LogP contribution in [0.2, 0.25) is 0 Å². The molecule has 0 fully saturated rings. The molecule has 2 aromatic carbocycles. The van der Waals surface area contributed by atoms with Gasteiger partial charge in [0, 0.05) is 11.4 Å². The van der Waals surface area contributed by atoms with E-state index in [0.717, 1.165) is 16.7 Å². The van der Waals surface area contributed by atoms with Crippen molar-refractivity contribution in [3.63, 3.8) is 0 Å². The lowest BCUT2D eigenvalue weighted by Gasteiger charge is -2.18. The Morgan fingerprint density at radius 2 is 1.71 bits per heavy atom. The first kappa shape index (κ1) is 24.3. The molecular formula is C27H28N4O3S. The highest BCUT2D eigenvalue weighted by molar-refractivity contribution is 7.20. The molecule has 1 unspecified atom stereocenters. The maximum atomic E-state index is 13.5. The molecule has 8 heteroatoms. The molecule has 0 aliphatic rings. The van der Waals surface area contributed by atoms with Gasteiger partial charge in [0.2, 0.25) is 5.91 Å². The first-order valence-corrected chi connectivity index (χ1v) is 12.3. The van der Waals surface area contributed by atoms with Crippen LogP contribution in [0.5, 0.6) is 0 Å². The molecule has 0 bridgehead atoms. The van der Waals surface area contributed by atoms with Crippen LogP contribution in [-0.4, -0.2) is 21.4 Å². The molecule has 1 atom stereocenters. The molecule has 2 N–H and O–H groups in total. The van der Waals surface area contributed by atoms with Crippen molar-refractivity contribution in [1.29, 1.82) is 0 Å². The second-order valence-corrected chi connectivity index (χ2v) is 9.75. The number of hydrogen-bond donors (Lipinski definition) is 2. The van der Waals surface area contributed by atoms with Crippen LogP contribution in [0.15, 0.2) is 53.6 Å². The lowest BCUT2D eigenvalue weighted by atomic mass is 10.1. The highest BCUT2D eigenvalue weighted by atomic mass is 32.1. The van der Waals surface area contributed by atoms with Gasteiger partial charge in [-0.15, -0.1) is 11.3 Å². The number of rotatable bonds is 6. The standard InChI is InChI=1S/C27H28N4O3S/c1-6-21(24(32)29-19-12-15(2)11-16(3)13-19)31-14-28-26-22(27(31)34)18(5)23(35-26)25(33)30-20-10-8-7-9-17(20)4/h7-14,21H,6H2,1-5H3,(H,29,32)(H,30,33). The molecule has 180 valence electrons. The number of benzene rings is 2. The summed E-state index contributed by atoms with van der Waals surface area (Å²) in [5.41, 5.74) is 4.66. The fourth-order valence-corrected chi connectivity index (χ4v) is 5.28. The molecule has 4 aromatic rings. The number of anilines is 2. The summed E-state index contributed by atoms with van der Waals surface area (Å²) in [6.07, 6.45) is 1.81. The predicted molar refractivity (Wildman–Crippen MR) is 142 cm³/mol. The second-order valence-electron chi connectivity index (χ2n) is 8.75. The van der Waals surface area contributed by atoms with E-state index in [4.69, 9.17) is 0 Å². The Kier molecular flexibility index (Phi) is 6.84. The summed E-state index contributed by atoms with van der Waals surface area (Å²) in [6.45, 7) is 9.45. The Morgan fingerprint density at radius 1 is 1.03 bits per heavy atom. The van der Waals surface area contributed by atoms with E-state index in [1.807, 2.05) is 70.2 Å². The van der Waals surface area contributed by atoms with E-state index >= 15 is 0 Å². The average molecular weight is 489 g/mol. The molecule has 4 rings (SSSR count). The molecular weight excluding hydrogens is 460 g/mol. The van der Waals surface area contributed by atoms with Gasteiger partial charge in [0.25, 0.3) is 11.5 Å². The van der Waals surface area contributed by atoms with Crippen LogP contribution in [0.1, 0.15) is 51.3 Å². The number of thiophene rings is 1. The van der Waals surface area contributed by atoms with Crippen LogP contribution >= 0.6 is 11.3 Å². The summed E-state index contributed by atoms with van der Waals surface area (Å²) in [5.74, 6) is -0.573. The zero-order valence-corrected chi connectivity index (χ0v) is 21.2. The van der Waals surface area contributed by atoms with E-state index in [0.29, 0.717) is 38.5 Å². The van der Waals surface area contributed by atoms with Crippen LogP contribution in [0, 0.1) is 27.7 Å². The Labute approximate surface area is 207 Å². The van der Waals surface area contributed by atoms with E-state index in [1.165, 1.54) is 22.2 Å². The minimum atomic E-state index is -0.733. The fraction of sp³-hybridized carbons (Fsp3) is 0.259. The topological polar surface area (TPSA) is 93.1 Å². The van der Waals surface area contributed by atoms with Crippen molar-refractivity contribution in [3.05, 3.63) is 86.3 Å². The van der Waals surface area contributed by atoms with Gasteiger partial charge in [-0.25, -0.2) is 4.98 Å². The predicted octanol–water partition coefficient (Wildman–Crippen LogP) is 5.53. The Morgan fingerprint density at radius 3 is 2.37 bits per heavy atom. The molecule has 0 aliphatic carbocycles. The minimum Gasteiger partial charge on any atom is -0.324 e. The summed E-state index contributed by atoms with van der Waals surface area (Å²) < 4.78 is 1.36. The normalized spacial score (nSPS) is 11.9. The van der Waals surface area contributed by atoms with E-state index in [-0.39, 0.29) is 17.4 Å². The number of amides is 2. The van der Waals surface area contributed by atoms with Crippen molar-refractivity contribution in [2.75, 3.05) is 10.6 Å². The SMILES string of the molecule is CCC(C(=O)Nc1cc(C)cc(C)c1)n1cnc2sc(C(=O)Nc3ccccc3C)c(C)c2c1=O. The Balaban J connectivity index is 1.67. The number of fused-ring (bicyclic) bond motifs is 1. The van der Waals surface area contributed by atoms with Gasteiger partial charge in [0.05, 0.1) is 16.6 Å². The third-order valence-corrected chi connectivity index (χ3v) is 7.19. The summed E-state index contributed by atoms with van der Waals surface area (Å²) in [6, 6.07) is 12.6. The number of aromatic nitrogens is 2.